The van der Waals surface area contributed by atoms with Gasteiger partial charge in [0.1, 0.15) is 5.75 Å². The van der Waals surface area contributed by atoms with E-state index >= 15 is 0 Å². The normalized spacial score (nSPS) is 26.1. The number of nitrogens with one attached hydrogen (secondary N) is 1. The minimum Gasteiger partial charge on any atom is -0.492 e. The molecule has 0 saturated carbocycles. The summed E-state index contributed by atoms with van der Waals surface area (Å²) >= 11 is 0. The molecule has 2 atom stereocenters. The molecule has 2 spiro atoms. The van der Waals surface area contributed by atoms with Gasteiger partial charge in [0.05, 0.1) is 24.7 Å². The molecule has 218 valence electrons. The monoisotopic (exact) mass is 553 g/mol. The Morgan fingerprint density at radius 3 is 2.07 bits per heavy atom. The van der Waals surface area contributed by atoms with Crippen LogP contribution in [0.3, 0.4) is 0 Å². The first-order valence-corrected chi connectivity index (χ1v) is 15.8. The molecule has 0 amide bonds. The molecule has 4 aliphatic rings. The number of hydrogen-bond acceptors (Lipinski definition) is 6. The molecular weight excluding hydrogens is 506 g/mol. The highest BCUT2D eigenvalue weighted by Crippen LogP contribution is 2.40. The maximum atomic E-state index is 5.62. The summed E-state index contributed by atoms with van der Waals surface area (Å²) < 4.78 is 5.62. The van der Waals surface area contributed by atoms with E-state index in [0.717, 1.165) is 31.9 Å². The van der Waals surface area contributed by atoms with Gasteiger partial charge in [0.25, 0.3) is 0 Å². The van der Waals surface area contributed by atoms with Gasteiger partial charge in [0.15, 0.2) is 0 Å². The lowest BCUT2D eigenvalue weighted by atomic mass is 9.94. The fourth-order valence-electron chi connectivity index (χ4n) is 7.67. The minimum absolute atomic E-state index is 0.317. The molecule has 1 N–H and O–H groups in total. The van der Waals surface area contributed by atoms with Gasteiger partial charge in [-0.05, 0) is 76.2 Å². The summed E-state index contributed by atoms with van der Waals surface area (Å²) in [6.45, 7) is 12.0. The van der Waals surface area contributed by atoms with Gasteiger partial charge in [-0.2, -0.15) is 0 Å². The van der Waals surface area contributed by atoms with E-state index in [9.17, 15) is 0 Å². The lowest BCUT2D eigenvalue weighted by Gasteiger charge is -2.35. The summed E-state index contributed by atoms with van der Waals surface area (Å²) in [5.41, 5.74) is 4.86. The van der Waals surface area contributed by atoms with Crippen LogP contribution in [0.4, 0.5) is 5.69 Å². The Morgan fingerprint density at radius 2 is 1.44 bits per heavy atom. The Hall–Kier alpha value is -2.93. The van der Waals surface area contributed by atoms with Gasteiger partial charge in [-0.3, -0.25) is 14.8 Å². The fourth-order valence-corrected chi connectivity index (χ4v) is 7.67. The average molecular weight is 554 g/mol. The molecule has 4 saturated heterocycles. The maximum absolute atomic E-state index is 5.62. The third-order valence-electron chi connectivity index (χ3n) is 9.84. The zero-order chi connectivity index (χ0) is 28.0. The molecule has 5 heterocycles. The number of pyridine rings is 1. The molecule has 3 aromatic rings. The van der Waals surface area contributed by atoms with Gasteiger partial charge in [-0.25, -0.2) is 0 Å². The van der Waals surface area contributed by atoms with Crippen LogP contribution >= 0.6 is 0 Å². The van der Waals surface area contributed by atoms with Gasteiger partial charge in [0, 0.05) is 49.9 Å². The van der Waals surface area contributed by atoms with Crippen molar-refractivity contribution in [2.24, 2.45) is 0 Å². The average Bonchev–Trinajstić information content (AvgIpc) is 3.82. The van der Waals surface area contributed by atoms with Crippen LogP contribution in [-0.4, -0.2) is 71.7 Å². The number of hydrogen-bond donors (Lipinski definition) is 1. The molecule has 41 heavy (non-hydrogen) atoms. The molecule has 0 aliphatic carbocycles. The summed E-state index contributed by atoms with van der Waals surface area (Å²) in [7, 11) is 0. The first kappa shape index (κ1) is 28.2. The third kappa shape index (κ3) is 6.45. The number of anilines is 1. The smallest absolute Gasteiger partial charge is 0.139 e. The standard InChI is InChI=1S/C21H27N3O.C14H20N2/c1-2-25-20-13-19(14-22-15-20)23-12-10-21(17-23)9-6-11-24(21)16-18-7-4-3-5-8-18;1-2-5-13(6-3-1)11-16-10-4-7-14(16)8-9-15-12-14/h3-5,7-8,13-15H,2,6,9-12,16-17H2,1H3;1-3,5-6,15H,4,7-12H2. The van der Waals surface area contributed by atoms with Crippen molar-refractivity contribution < 1.29 is 4.74 Å². The van der Waals surface area contributed by atoms with Gasteiger partial charge in [-0.1, -0.05) is 60.7 Å². The second kappa shape index (κ2) is 12.9. The number of ether oxygens (including phenoxy) is 1. The quantitative estimate of drug-likeness (QED) is 0.403. The van der Waals surface area contributed by atoms with E-state index in [-0.39, 0.29) is 0 Å². The minimum atomic E-state index is 0.317. The van der Waals surface area contributed by atoms with Crippen LogP contribution in [0, 0.1) is 0 Å². The molecule has 4 aliphatic heterocycles. The molecule has 0 radical (unpaired) electrons. The predicted molar refractivity (Wildman–Crippen MR) is 167 cm³/mol. The first-order valence-electron chi connectivity index (χ1n) is 15.8. The molecular formula is C35H47N5O. The molecule has 7 rings (SSSR count). The van der Waals surface area contributed by atoms with Crippen LogP contribution in [0.1, 0.15) is 56.6 Å². The Bertz CT molecular complexity index is 1230. The Kier molecular flexibility index (Phi) is 8.90. The van der Waals surface area contributed by atoms with Gasteiger partial charge < -0.3 is 15.0 Å². The van der Waals surface area contributed by atoms with E-state index < -0.39 is 0 Å². The first-order chi connectivity index (χ1) is 20.2. The van der Waals surface area contributed by atoms with Crippen molar-refractivity contribution in [2.45, 2.75) is 69.6 Å². The topological polar surface area (TPSA) is 43.9 Å². The van der Waals surface area contributed by atoms with E-state index in [0.29, 0.717) is 17.7 Å². The van der Waals surface area contributed by atoms with Crippen molar-refractivity contribution in [3.63, 3.8) is 0 Å². The van der Waals surface area contributed by atoms with Gasteiger partial charge >= 0.3 is 0 Å². The lowest BCUT2D eigenvalue weighted by molar-refractivity contribution is 0.148. The van der Waals surface area contributed by atoms with Gasteiger partial charge in [0.2, 0.25) is 0 Å². The van der Waals surface area contributed by atoms with Crippen LogP contribution in [0.25, 0.3) is 0 Å². The third-order valence-corrected chi connectivity index (χ3v) is 9.84. The molecule has 2 unspecified atom stereocenters. The molecule has 0 bridgehead atoms. The van der Waals surface area contributed by atoms with Gasteiger partial charge in [-0.15, -0.1) is 0 Å². The van der Waals surface area contributed by atoms with Crippen molar-refractivity contribution in [1.82, 2.24) is 20.1 Å². The van der Waals surface area contributed by atoms with E-state index in [4.69, 9.17) is 4.74 Å². The molecule has 4 fully saturated rings. The van der Waals surface area contributed by atoms with E-state index in [2.05, 4.69) is 91.7 Å². The Balaban J connectivity index is 0.000000162. The van der Waals surface area contributed by atoms with Crippen molar-refractivity contribution >= 4 is 5.69 Å². The number of benzene rings is 2. The van der Waals surface area contributed by atoms with Crippen LogP contribution in [-0.2, 0) is 13.1 Å². The van der Waals surface area contributed by atoms with E-state index in [1.807, 2.05) is 13.1 Å². The zero-order valence-corrected chi connectivity index (χ0v) is 24.8. The molecule has 6 nitrogen and oxygen atoms in total. The molecule has 1 aromatic heterocycles. The highest BCUT2D eigenvalue weighted by molar-refractivity contribution is 5.50. The fraction of sp³-hybridized carbons (Fsp3) is 0.514. The second-order valence-corrected chi connectivity index (χ2v) is 12.4. The second-order valence-electron chi connectivity index (χ2n) is 12.4. The lowest BCUT2D eigenvalue weighted by Crippen LogP contribution is -2.45. The largest absolute Gasteiger partial charge is 0.492 e. The van der Waals surface area contributed by atoms with Crippen LogP contribution in [0.2, 0.25) is 0 Å². The van der Waals surface area contributed by atoms with Crippen LogP contribution in [0.5, 0.6) is 5.75 Å². The Morgan fingerprint density at radius 1 is 0.780 bits per heavy atom. The summed E-state index contributed by atoms with van der Waals surface area (Å²) in [5.74, 6) is 0.869. The van der Waals surface area contributed by atoms with Crippen molar-refractivity contribution in [3.05, 3.63) is 90.3 Å². The van der Waals surface area contributed by atoms with E-state index in [1.165, 1.54) is 81.5 Å². The number of aromatic nitrogens is 1. The number of rotatable bonds is 7. The predicted octanol–water partition coefficient (Wildman–Crippen LogP) is 5.74. The number of likely N-dealkylation sites (tertiary alicyclic amines) is 2. The van der Waals surface area contributed by atoms with Crippen LogP contribution in [0.15, 0.2) is 79.1 Å². The number of nitrogens with zero attached hydrogens (tertiary/aromatic N) is 4. The Labute approximate surface area is 246 Å². The van der Waals surface area contributed by atoms with Crippen molar-refractivity contribution in [3.8, 4) is 5.75 Å². The van der Waals surface area contributed by atoms with E-state index in [1.54, 1.807) is 6.20 Å². The summed E-state index contributed by atoms with van der Waals surface area (Å²) in [4.78, 5) is 12.3. The molecule has 2 aromatic carbocycles. The summed E-state index contributed by atoms with van der Waals surface area (Å²) in [6.07, 6.45) is 11.7. The summed E-state index contributed by atoms with van der Waals surface area (Å²) in [6, 6.07) is 23.9. The highest BCUT2D eigenvalue weighted by Gasteiger charge is 2.46. The summed E-state index contributed by atoms with van der Waals surface area (Å²) in [5, 5.41) is 3.53. The van der Waals surface area contributed by atoms with Crippen LogP contribution < -0.4 is 15.0 Å². The van der Waals surface area contributed by atoms with Crippen molar-refractivity contribution in [1.29, 1.82) is 0 Å². The highest BCUT2D eigenvalue weighted by atomic mass is 16.5. The molecule has 6 heteroatoms. The SMILES string of the molecule is CCOc1cncc(N2CCC3(CCCN3Cc3ccccc3)C2)c1.c1ccc(CN2CCCC23CCNC3)cc1. The van der Waals surface area contributed by atoms with Crippen molar-refractivity contribution in [2.75, 3.05) is 50.8 Å². The maximum Gasteiger partial charge on any atom is 0.139 e. The zero-order valence-electron chi connectivity index (χ0n) is 24.8.